The van der Waals surface area contributed by atoms with Crippen LogP contribution >= 0.6 is 0 Å². The fourth-order valence-corrected chi connectivity index (χ4v) is 4.46. The summed E-state index contributed by atoms with van der Waals surface area (Å²) in [5.41, 5.74) is 10.4. The highest BCUT2D eigenvalue weighted by atomic mass is 16.5. The molecule has 0 bridgehead atoms. The molecule has 0 aromatic heterocycles. The van der Waals surface area contributed by atoms with Gasteiger partial charge >= 0.3 is 0 Å². The maximum atomic E-state index is 14.1. The van der Waals surface area contributed by atoms with Crippen molar-refractivity contribution >= 4 is 17.5 Å². The summed E-state index contributed by atoms with van der Waals surface area (Å²) in [7, 11) is 0. The first-order valence-electron chi connectivity index (χ1n) is 13.0. The van der Waals surface area contributed by atoms with Crippen LogP contribution in [0.5, 0.6) is 5.75 Å². The summed E-state index contributed by atoms with van der Waals surface area (Å²) in [6.45, 7) is 5.00. The lowest BCUT2D eigenvalue weighted by Gasteiger charge is -2.31. The third-order valence-electron chi connectivity index (χ3n) is 6.39. The van der Waals surface area contributed by atoms with Gasteiger partial charge in [0.15, 0.2) is 11.6 Å². The predicted molar refractivity (Wildman–Crippen MR) is 150 cm³/mol. The van der Waals surface area contributed by atoms with Crippen LogP contribution in [-0.2, 0) is 16.0 Å². The lowest BCUT2D eigenvalue weighted by Crippen LogP contribution is -2.50. The molecule has 1 aliphatic heterocycles. The van der Waals surface area contributed by atoms with Gasteiger partial charge in [0.2, 0.25) is 5.90 Å². The molecule has 1 amide bonds. The zero-order chi connectivity index (χ0) is 27.7. The molecule has 0 spiro atoms. The van der Waals surface area contributed by atoms with E-state index < -0.39 is 11.6 Å². The van der Waals surface area contributed by atoms with Gasteiger partial charge in [-0.3, -0.25) is 4.79 Å². The number of azide groups is 1. The third kappa shape index (κ3) is 6.57. The Morgan fingerprint density at radius 3 is 2.54 bits per heavy atom. The van der Waals surface area contributed by atoms with Crippen molar-refractivity contribution in [2.24, 2.45) is 16.0 Å². The minimum atomic E-state index is -1.36. The molecule has 1 heterocycles. The zero-order valence-electron chi connectivity index (χ0n) is 22.2. The Morgan fingerprint density at radius 2 is 1.85 bits per heavy atom. The molecule has 1 aliphatic rings. The summed E-state index contributed by atoms with van der Waals surface area (Å²) in [5, 5.41) is 16.0. The van der Waals surface area contributed by atoms with Gasteiger partial charge in [0.1, 0.15) is 5.75 Å². The van der Waals surface area contributed by atoms with Gasteiger partial charge in [-0.1, -0.05) is 73.6 Å². The van der Waals surface area contributed by atoms with Crippen LogP contribution in [0.3, 0.4) is 0 Å². The van der Waals surface area contributed by atoms with Crippen molar-refractivity contribution in [1.29, 1.82) is 0 Å². The van der Waals surface area contributed by atoms with Crippen molar-refractivity contribution in [2.75, 3.05) is 19.8 Å². The van der Waals surface area contributed by atoms with E-state index in [4.69, 9.17) is 19.6 Å². The quantitative estimate of drug-likeness (QED) is 0.136. The minimum Gasteiger partial charge on any atom is -0.494 e. The van der Waals surface area contributed by atoms with E-state index in [-0.39, 0.29) is 24.9 Å². The number of hydrogen-bond acceptors (Lipinski definition) is 6. The Hall–Kier alpha value is -4.33. The van der Waals surface area contributed by atoms with Crippen molar-refractivity contribution in [3.8, 4) is 5.75 Å². The van der Waals surface area contributed by atoms with E-state index in [9.17, 15) is 10.3 Å². The average Bonchev–Trinajstić information content (AvgIpc) is 3.33. The molecule has 202 valence electrons. The molecule has 9 nitrogen and oxygen atoms in total. The van der Waals surface area contributed by atoms with Gasteiger partial charge < -0.3 is 19.9 Å². The molecule has 3 aromatic rings. The van der Waals surface area contributed by atoms with Crippen molar-refractivity contribution in [3.05, 3.63) is 106 Å². The largest absolute Gasteiger partial charge is 0.494 e. The lowest BCUT2D eigenvalue weighted by atomic mass is 9.81. The molecule has 2 atom stereocenters. The molecule has 9 heteroatoms. The van der Waals surface area contributed by atoms with Crippen molar-refractivity contribution in [3.63, 3.8) is 0 Å². The standard InChI is InChI=1S/C30H33N5O4/c1-21(2)20-32-29(37)30(19-22-9-4-3-5-10-22)27(25-11-6-7-12-26(25)34-35-31)39-28(33-30)23-13-15-24(16-14-23)38-18-8-17-36/h3-7,9-16,21,27,36H,8,17-20H2,1-2H3,(H,32,37)/t27-,30-/m1/s1. The van der Waals surface area contributed by atoms with Crippen LogP contribution in [0.4, 0.5) is 5.69 Å². The zero-order valence-corrected chi connectivity index (χ0v) is 22.2. The van der Waals surface area contributed by atoms with E-state index >= 15 is 0 Å². The summed E-state index contributed by atoms with van der Waals surface area (Å²) >= 11 is 0. The topological polar surface area (TPSA) is 129 Å². The van der Waals surface area contributed by atoms with Crippen LogP contribution in [-0.4, -0.2) is 42.2 Å². The number of hydrogen-bond donors (Lipinski definition) is 2. The number of benzene rings is 3. The highest BCUT2D eigenvalue weighted by molar-refractivity contribution is 6.01. The summed E-state index contributed by atoms with van der Waals surface area (Å²) < 4.78 is 12.2. The number of nitrogens with one attached hydrogen (secondary N) is 1. The molecule has 0 radical (unpaired) electrons. The molecule has 39 heavy (non-hydrogen) atoms. The van der Waals surface area contributed by atoms with E-state index in [1.54, 1.807) is 30.3 Å². The smallest absolute Gasteiger partial charge is 0.252 e. The van der Waals surface area contributed by atoms with E-state index in [2.05, 4.69) is 15.3 Å². The molecule has 0 saturated carbocycles. The molecule has 0 unspecified atom stereocenters. The normalized spacial score (nSPS) is 18.2. The fraction of sp³-hybridized carbons (Fsp3) is 0.333. The van der Waals surface area contributed by atoms with E-state index in [1.165, 1.54) is 0 Å². The van der Waals surface area contributed by atoms with E-state index in [0.717, 1.165) is 5.56 Å². The first-order chi connectivity index (χ1) is 19.0. The van der Waals surface area contributed by atoms with Crippen LogP contribution in [0, 0.1) is 5.92 Å². The van der Waals surface area contributed by atoms with Gasteiger partial charge in [-0.05, 0) is 41.3 Å². The Balaban J connectivity index is 1.81. The Labute approximate surface area is 228 Å². The van der Waals surface area contributed by atoms with Gasteiger partial charge in [0.05, 0.1) is 6.61 Å². The van der Waals surface area contributed by atoms with E-state index in [1.807, 2.05) is 62.4 Å². The van der Waals surface area contributed by atoms with Crippen molar-refractivity contribution in [2.45, 2.75) is 38.3 Å². The second kappa shape index (κ2) is 13.0. The maximum Gasteiger partial charge on any atom is 0.252 e. The van der Waals surface area contributed by atoms with Crippen LogP contribution < -0.4 is 10.1 Å². The van der Waals surface area contributed by atoms with Gasteiger partial charge in [0, 0.05) is 47.7 Å². The van der Waals surface area contributed by atoms with Crippen LogP contribution in [0.25, 0.3) is 10.4 Å². The number of aliphatic hydroxyl groups is 1. The van der Waals surface area contributed by atoms with Crippen LogP contribution in [0.2, 0.25) is 0 Å². The molecular formula is C30H33N5O4. The number of carbonyl (C=O) groups excluding carboxylic acids is 1. The van der Waals surface area contributed by atoms with Crippen molar-refractivity contribution < 1.29 is 19.4 Å². The highest BCUT2D eigenvalue weighted by Gasteiger charge is 2.53. The molecule has 3 aromatic carbocycles. The molecule has 2 N–H and O–H groups in total. The molecule has 4 rings (SSSR count). The first kappa shape index (κ1) is 27.7. The molecule has 0 fully saturated rings. The second-order valence-corrected chi connectivity index (χ2v) is 9.80. The number of rotatable bonds is 12. The Morgan fingerprint density at radius 1 is 1.13 bits per heavy atom. The minimum absolute atomic E-state index is 0.0593. The monoisotopic (exact) mass is 527 g/mol. The number of ether oxygens (including phenoxy) is 2. The van der Waals surface area contributed by atoms with Gasteiger partial charge in [0.25, 0.3) is 5.91 Å². The number of carbonyl (C=O) groups is 1. The summed E-state index contributed by atoms with van der Waals surface area (Å²) in [5.74, 6) is 0.940. The first-order valence-corrected chi connectivity index (χ1v) is 13.0. The lowest BCUT2D eigenvalue weighted by molar-refractivity contribution is -0.129. The number of aliphatic hydroxyl groups excluding tert-OH is 1. The number of nitrogens with zero attached hydrogens (tertiary/aromatic N) is 4. The summed E-state index contributed by atoms with van der Waals surface area (Å²) in [4.78, 5) is 22.1. The van der Waals surface area contributed by atoms with Gasteiger partial charge in [-0.15, -0.1) is 0 Å². The predicted octanol–water partition coefficient (Wildman–Crippen LogP) is 5.66. The summed E-state index contributed by atoms with van der Waals surface area (Å²) in [6, 6.07) is 24.1. The molecule has 0 aliphatic carbocycles. The maximum absolute atomic E-state index is 14.1. The molecular weight excluding hydrogens is 494 g/mol. The summed E-state index contributed by atoms with van der Waals surface area (Å²) in [6.07, 6.45) is -0.0296. The number of amides is 1. The Kier molecular flexibility index (Phi) is 9.20. The fourth-order valence-electron chi connectivity index (χ4n) is 4.46. The van der Waals surface area contributed by atoms with E-state index in [0.29, 0.717) is 48.0 Å². The molecule has 0 saturated heterocycles. The van der Waals surface area contributed by atoms with Gasteiger partial charge in [-0.25, -0.2) is 4.99 Å². The third-order valence-corrected chi connectivity index (χ3v) is 6.39. The average molecular weight is 528 g/mol. The second-order valence-electron chi connectivity index (χ2n) is 9.80. The van der Waals surface area contributed by atoms with Crippen molar-refractivity contribution in [1.82, 2.24) is 5.32 Å². The van der Waals surface area contributed by atoms with Crippen LogP contribution in [0.1, 0.15) is 43.1 Å². The SMILES string of the molecule is CC(C)CNC(=O)[C@]1(Cc2ccccc2)N=C(c2ccc(OCCCO)cc2)O[C@@H]1c1ccccc1N=[N+]=[N-]. The Bertz CT molecular complexity index is 1340. The highest BCUT2D eigenvalue weighted by Crippen LogP contribution is 2.45. The van der Waals surface area contributed by atoms with Crippen LogP contribution in [0.15, 0.2) is 89.0 Å². The number of aliphatic imine (C=N–C) groups is 1. The van der Waals surface area contributed by atoms with Gasteiger partial charge in [-0.2, -0.15) is 0 Å².